The van der Waals surface area contributed by atoms with E-state index in [1.165, 1.54) is 24.4 Å². The van der Waals surface area contributed by atoms with Gasteiger partial charge in [0.05, 0.1) is 0 Å². The van der Waals surface area contributed by atoms with Gasteiger partial charge in [-0.1, -0.05) is 37.5 Å². The van der Waals surface area contributed by atoms with E-state index in [1.807, 2.05) is 0 Å². The number of hydrogen-bond donors (Lipinski definition) is 0. The molecule has 1 atom stereocenters. The monoisotopic (exact) mass is 267 g/mol. The van der Waals surface area contributed by atoms with Crippen LogP contribution in [-0.4, -0.2) is 6.10 Å². The molecule has 2 nitrogen and oxygen atoms in total. The zero-order valence-electron chi connectivity index (χ0n) is 10.2. The molecule has 1 aliphatic carbocycles. The zero-order valence-corrected chi connectivity index (χ0v) is 11.1. The Morgan fingerprint density at radius 1 is 1.22 bits per heavy atom. The van der Waals surface area contributed by atoms with E-state index in [-0.39, 0.29) is 11.9 Å². The van der Waals surface area contributed by atoms with Crippen LogP contribution in [0.25, 0.3) is 6.08 Å². The van der Waals surface area contributed by atoms with E-state index in [0.717, 1.165) is 25.7 Å². The van der Waals surface area contributed by atoms with Gasteiger partial charge in [0.15, 0.2) is 5.82 Å². The van der Waals surface area contributed by atoms with Gasteiger partial charge < -0.3 is 0 Å². The largest absolute Gasteiger partial charge is 0.541 e. The highest BCUT2D eigenvalue weighted by atomic mass is 31.1. The SMILES string of the molecule is O=[P+](C=Cc1ccccc1F)OC1CCCCC1. The van der Waals surface area contributed by atoms with Crippen LogP contribution in [0.3, 0.4) is 0 Å². The quantitative estimate of drug-likeness (QED) is 0.726. The normalized spacial score (nSPS) is 18.2. The Balaban J connectivity index is 1.88. The van der Waals surface area contributed by atoms with Crippen LogP contribution in [0.5, 0.6) is 0 Å². The van der Waals surface area contributed by atoms with E-state index >= 15 is 0 Å². The van der Waals surface area contributed by atoms with E-state index in [4.69, 9.17) is 4.52 Å². The first kappa shape index (κ1) is 13.4. The molecule has 0 heterocycles. The van der Waals surface area contributed by atoms with Gasteiger partial charge in [0, 0.05) is 5.56 Å². The summed E-state index contributed by atoms with van der Waals surface area (Å²) in [4.78, 5) is 0. The molecule has 0 radical (unpaired) electrons. The smallest absolute Gasteiger partial charge is 0.206 e. The second-order valence-corrected chi connectivity index (χ2v) is 5.57. The third kappa shape index (κ3) is 4.01. The summed E-state index contributed by atoms with van der Waals surface area (Å²) >= 11 is 0. The Labute approximate surface area is 108 Å². The summed E-state index contributed by atoms with van der Waals surface area (Å²) in [5.41, 5.74) is 0.438. The maximum absolute atomic E-state index is 13.3. The molecule has 96 valence electrons. The molecule has 1 aromatic carbocycles. The fourth-order valence-corrected chi connectivity index (χ4v) is 2.96. The van der Waals surface area contributed by atoms with E-state index in [9.17, 15) is 8.96 Å². The van der Waals surface area contributed by atoms with Crippen molar-refractivity contribution < 1.29 is 13.5 Å². The molecule has 4 heteroatoms. The third-order valence-electron chi connectivity index (χ3n) is 3.09. The van der Waals surface area contributed by atoms with E-state index in [2.05, 4.69) is 0 Å². The van der Waals surface area contributed by atoms with Gasteiger partial charge in [-0.2, -0.15) is 0 Å². The van der Waals surface area contributed by atoms with Gasteiger partial charge in [0.1, 0.15) is 11.9 Å². The molecule has 0 amide bonds. The van der Waals surface area contributed by atoms with Crippen molar-refractivity contribution in [1.82, 2.24) is 0 Å². The Morgan fingerprint density at radius 2 is 1.94 bits per heavy atom. The summed E-state index contributed by atoms with van der Waals surface area (Å²) < 4.78 is 30.5. The Hall–Kier alpha value is -1.05. The highest BCUT2D eigenvalue weighted by Gasteiger charge is 2.24. The van der Waals surface area contributed by atoms with Crippen LogP contribution in [0.1, 0.15) is 37.7 Å². The number of rotatable bonds is 4. The van der Waals surface area contributed by atoms with Gasteiger partial charge in [-0.25, -0.2) is 4.39 Å². The zero-order chi connectivity index (χ0) is 12.8. The molecule has 0 bridgehead atoms. The van der Waals surface area contributed by atoms with Crippen molar-refractivity contribution in [3.05, 3.63) is 41.5 Å². The van der Waals surface area contributed by atoms with Crippen LogP contribution in [0, 0.1) is 5.82 Å². The van der Waals surface area contributed by atoms with Crippen molar-refractivity contribution in [3.8, 4) is 0 Å². The summed E-state index contributed by atoms with van der Waals surface area (Å²) in [5.74, 6) is 1.14. The van der Waals surface area contributed by atoms with E-state index in [0.29, 0.717) is 5.56 Å². The topological polar surface area (TPSA) is 26.3 Å². The fraction of sp³-hybridized carbons (Fsp3) is 0.429. The molecule has 1 saturated carbocycles. The molecule has 1 fully saturated rings. The second kappa shape index (κ2) is 6.77. The summed E-state index contributed by atoms with van der Waals surface area (Å²) in [6.07, 6.45) is 7.12. The molecule has 1 unspecified atom stereocenters. The summed E-state index contributed by atoms with van der Waals surface area (Å²) in [5, 5.41) is 0. The van der Waals surface area contributed by atoms with E-state index < -0.39 is 8.03 Å². The highest BCUT2D eigenvalue weighted by molar-refractivity contribution is 7.43. The summed E-state index contributed by atoms with van der Waals surface area (Å²) in [7, 11) is -1.84. The molecule has 2 rings (SSSR count). The summed E-state index contributed by atoms with van der Waals surface area (Å²) in [6.45, 7) is 0. The Bertz CT molecular complexity index is 439. The summed E-state index contributed by atoms with van der Waals surface area (Å²) in [6, 6.07) is 6.41. The predicted molar refractivity (Wildman–Crippen MR) is 71.0 cm³/mol. The van der Waals surface area contributed by atoms with Crippen molar-refractivity contribution in [2.24, 2.45) is 0 Å². The molecule has 1 aromatic rings. The first-order valence-corrected chi connectivity index (χ1v) is 7.56. The lowest BCUT2D eigenvalue weighted by atomic mass is 9.98. The lowest BCUT2D eigenvalue weighted by Gasteiger charge is -2.15. The molecule has 18 heavy (non-hydrogen) atoms. The predicted octanol–water partition coefficient (Wildman–Crippen LogP) is 4.89. The van der Waals surface area contributed by atoms with Gasteiger partial charge in [-0.3, -0.25) is 0 Å². The van der Waals surface area contributed by atoms with Crippen LogP contribution in [0.4, 0.5) is 4.39 Å². The number of halogens is 1. The lowest BCUT2D eigenvalue weighted by Crippen LogP contribution is -2.12. The van der Waals surface area contributed by atoms with Crippen LogP contribution in [0.15, 0.2) is 30.1 Å². The average Bonchev–Trinajstić information content (AvgIpc) is 2.39. The third-order valence-corrected chi connectivity index (χ3v) is 3.98. The molecule has 0 N–H and O–H groups in total. The van der Waals surface area contributed by atoms with Crippen molar-refractivity contribution in [2.75, 3.05) is 0 Å². The van der Waals surface area contributed by atoms with E-state index in [1.54, 1.807) is 18.2 Å². The first-order valence-electron chi connectivity index (χ1n) is 6.31. The second-order valence-electron chi connectivity index (χ2n) is 4.49. The van der Waals surface area contributed by atoms with Crippen LogP contribution in [0.2, 0.25) is 0 Å². The van der Waals surface area contributed by atoms with Gasteiger partial charge in [-0.15, -0.1) is 4.52 Å². The van der Waals surface area contributed by atoms with Gasteiger partial charge in [0.25, 0.3) is 0 Å². The Morgan fingerprint density at radius 3 is 2.67 bits per heavy atom. The van der Waals surface area contributed by atoms with Crippen molar-refractivity contribution in [1.29, 1.82) is 0 Å². The molecule has 0 aliphatic heterocycles. The van der Waals surface area contributed by atoms with Crippen molar-refractivity contribution >= 4 is 14.1 Å². The molecule has 0 saturated heterocycles. The fourth-order valence-electron chi connectivity index (χ4n) is 2.10. The number of hydrogen-bond acceptors (Lipinski definition) is 2. The minimum Gasteiger partial charge on any atom is -0.206 e. The molecular formula is C14H17FO2P+. The van der Waals surface area contributed by atoms with Crippen LogP contribution < -0.4 is 0 Å². The van der Waals surface area contributed by atoms with Gasteiger partial charge >= 0.3 is 8.03 Å². The average molecular weight is 267 g/mol. The van der Waals surface area contributed by atoms with Gasteiger partial charge in [-0.05, 0) is 29.5 Å². The van der Waals surface area contributed by atoms with Crippen LogP contribution >= 0.6 is 8.03 Å². The molecule has 0 spiro atoms. The minimum atomic E-state index is -1.84. The minimum absolute atomic E-state index is 0.104. The molecule has 0 aromatic heterocycles. The highest BCUT2D eigenvalue weighted by Crippen LogP contribution is 2.33. The number of benzene rings is 1. The lowest BCUT2D eigenvalue weighted by molar-refractivity contribution is 0.168. The molecule has 1 aliphatic rings. The standard InChI is InChI=1S/C14H17FO2P/c15-14-9-5-4-6-12(14)10-11-18(16)17-13-7-2-1-3-8-13/h4-6,9-11,13H,1-3,7-8H2/q+1. The maximum atomic E-state index is 13.3. The maximum Gasteiger partial charge on any atom is 0.541 e. The first-order chi connectivity index (χ1) is 8.75. The van der Waals surface area contributed by atoms with Gasteiger partial charge in [0.2, 0.25) is 0 Å². The Kier molecular flexibility index (Phi) is 5.03. The van der Waals surface area contributed by atoms with Crippen molar-refractivity contribution in [2.45, 2.75) is 38.2 Å². The van der Waals surface area contributed by atoms with Crippen molar-refractivity contribution in [3.63, 3.8) is 0 Å². The van der Waals surface area contributed by atoms with Crippen LogP contribution in [-0.2, 0) is 9.09 Å². The molecular weight excluding hydrogens is 250 g/mol.